The van der Waals surface area contributed by atoms with Gasteiger partial charge in [0.2, 0.25) is 0 Å². The van der Waals surface area contributed by atoms with Gasteiger partial charge in [-0.2, -0.15) is 0 Å². The highest BCUT2D eigenvalue weighted by molar-refractivity contribution is 5.86. The summed E-state index contributed by atoms with van der Waals surface area (Å²) in [6.45, 7) is 1.97. The average Bonchev–Trinajstić information content (AvgIpc) is 2.67. The van der Waals surface area contributed by atoms with Crippen LogP contribution < -0.4 is 5.32 Å². The minimum atomic E-state index is -0.485. The predicted octanol–water partition coefficient (Wildman–Crippen LogP) is 4.98. The third kappa shape index (κ3) is 3.44. The lowest BCUT2D eigenvalue weighted by Gasteiger charge is -2.22. The van der Waals surface area contributed by atoms with E-state index in [1.165, 1.54) is 12.1 Å². The number of halogens is 1. The van der Waals surface area contributed by atoms with E-state index in [4.69, 9.17) is 0 Å². The highest BCUT2D eigenvalue weighted by Gasteiger charge is 2.21. The van der Waals surface area contributed by atoms with Crippen LogP contribution in [0.25, 0.3) is 10.9 Å². The molecule has 4 rings (SSSR count). The summed E-state index contributed by atoms with van der Waals surface area (Å²) in [7, 11) is 0. The van der Waals surface area contributed by atoms with Gasteiger partial charge in [0, 0.05) is 23.3 Å². The van der Waals surface area contributed by atoms with Crippen molar-refractivity contribution in [1.29, 1.82) is 0 Å². The lowest BCUT2D eigenvalue weighted by molar-refractivity contribution is 0.471. The maximum Gasteiger partial charge on any atom is 0.147 e. The molecule has 2 aromatic carbocycles. The molecule has 0 saturated carbocycles. The largest absolute Gasteiger partial charge is 0.505 e. The molecule has 0 fully saturated rings. The van der Waals surface area contributed by atoms with Gasteiger partial charge in [-0.3, -0.25) is 4.98 Å². The molecule has 2 aromatic heterocycles. The van der Waals surface area contributed by atoms with Crippen molar-refractivity contribution in [1.82, 2.24) is 9.97 Å². The minimum Gasteiger partial charge on any atom is -0.505 e. The lowest BCUT2D eigenvalue weighted by Crippen LogP contribution is -2.14. The second-order valence-electron chi connectivity index (χ2n) is 6.43. The maximum atomic E-state index is 13.9. The Labute approximate surface area is 156 Å². The number of fused-ring (bicyclic) bond motifs is 1. The zero-order valence-electron chi connectivity index (χ0n) is 14.7. The van der Waals surface area contributed by atoms with Crippen molar-refractivity contribution < 1.29 is 9.50 Å². The second kappa shape index (κ2) is 7.03. The summed E-state index contributed by atoms with van der Waals surface area (Å²) in [6.07, 6.45) is 3.35. The van der Waals surface area contributed by atoms with Crippen molar-refractivity contribution in [3.8, 4) is 5.75 Å². The molecule has 5 heteroatoms. The van der Waals surface area contributed by atoms with Gasteiger partial charge >= 0.3 is 0 Å². The number of aryl methyl sites for hydroxylation is 1. The molecule has 0 unspecified atom stereocenters. The van der Waals surface area contributed by atoms with Crippen LogP contribution in [0.2, 0.25) is 0 Å². The van der Waals surface area contributed by atoms with Crippen LogP contribution >= 0.6 is 0 Å². The predicted molar refractivity (Wildman–Crippen MR) is 104 cm³/mol. The molecule has 4 aromatic rings. The number of hydrogen-bond donors (Lipinski definition) is 2. The topological polar surface area (TPSA) is 58.0 Å². The van der Waals surface area contributed by atoms with E-state index in [1.807, 2.05) is 49.4 Å². The Kier molecular flexibility index (Phi) is 4.42. The summed E-state index contributed by atoms with van der Waals surface area (Å²) in [5, 5.41) is 15.0. The van der Waals surface area contributed by atoms with Crippen molar-refractivity contribution in [3.05, 3.63) is 95.6 Å². The zero-order valence-corrected chi connectivity index (χ0v) is 14.7. The molecule has 27 heavy (non-hydrogen) atoms. The fraction of sp³-hybridized carbons (Fsp3) is 0.0909. The molecular weight excluding hydrogens is 341 g/mol. The molecule has 0 aliphatic heterocycles. The van der Waals surface area contributed by atoms with Crippen molar-refractivity contribution in [2.24, 2.45) is 0 Å². The molecule has 0 amide bonds. The van der Waals surface area contributed by atoms with Crippen molar-refractivity contribution in [2.45, 2.75) is 13.0 Å². The van der Waals surface area contributed by atoms with E-state index in [2.05, 4.69) is 15.3 Å². The summed E-state index contributed by atoms with van der Waals surface area (Å²) in [5.41, 5.74) is 2.85. The van der Waals surface area contributed by atoms with E-state index in [9.17, 15) is 9.50 Å². The Hall–Kier alpha value is -3.47. The monoisotopic (exact) mass is 359 g/mol. The van der Waals surface area contributed by atoms with Gasteiger partial charge < -0.3 is 10.4 Å². The van der Waals surface area contributed by atoms with Crippen LogP contribution in [0.4, 0.5) is 10.2 Å². The van der Waals surface area contributed by atoms with E-state index in [0.717, 1.165) is 10.9 Å². The number of anilines is 1. The lowest BCUT2D eigenvalue weighted by atomic mass is 9.96. The van der Waals surface area contributed by atoms with Crippen LogP contribution in [0.5, 0.6) is 5.75 Å². The summed E-state index contributed by atoms with van der Waals surface area (Å²) in [5.74, 6) is 0.377. The standard InChI is InChI=1S/C22H18FN3O/c1-14-9-11-24-19(12-14)26-20(16-4-2-6-17(23)13-16)18-8-7-15-5-3-10-25-21(15)22(18)27/h2-13,20,27H,1H3,(H,24,26)/t20-/m1/s1. The van der Waals surface area contributed by atoms with Gasteiger partial charge in [-0.1, -0.05) is 30.3 Å². The normalized spacial score (nSPS) is 12.1. The van der Waals surface area contributed by atoms with Crippen LogP contribution in [-0.2, 0) is 0 Å². The van der Waals surface area contributed by atoms with E-state index in [0.29, 0.717) is 22.5 Å². The first-order valence-electron chi connectivity index (χ1n) is 8.63. The van der Waals surface area contributed by atoms with Gasteiger partial charge in [-0.05, 0) is 48.4 Å². The Morgan fingerprint density at radius 1 is 0.963 bits per heavy atom. The maximum absolute atomic E-state index is 13.9. The third-order valence-electron chi connectivity index (χ3n) is 4.48. The number of benzene rings is 2. The summed E-state index contributed by atoms with van der Waals surface area (Å²) >= 11 is 0. The number of hydrogen-bond acceptors (Lipinski definition) is 4. The van der Waals surface area contributed by atoms with Crippen LogP contribution in [0.3, 0.4) is 0 Å². The summed E-state index contributed by atoms with van der Waals surface area (Å²) in [6, 6.07) is 17.1. The van der Waals surface area contributed by atoms with Crippen molar-refractivity contribution >= 4 is 16.7 Å². The molecular formula is C22H18FN3O. The third-order valence-corrected chi connectivity index (χ3v) is 4.48. The molecule has 134 valence electrons. The first-order valence-corrected chi connectivity index (χ1v) is 8.63. The fourth-order valence-corrected chi connectivity index (χ4v) is 3.17. The van der Waals surface area contributed by atoms with Crippen LogP contribution in [0, 0.1) is 12.7 Å². The molecule has 0 spiro atoms. The number of aromatic hydroxyl groups is 1. The number of pyridine rings is 2. The van der Waals surface area contributed by atoms with Crippen molar-refractivity contribution in [2.75, 3.05) is 5.32 Å². The first-order chi connectivity index (χ1) is 13.1. The van der Waals surface area contributed by atoms with Gasteiger partial charge in [0.05, 0.1) is 6.04 Å². The zero-order chi connectivity index (χ0) is 18.8. The second-order valence-corrected chi connectivity index (χ2v) is 6.43. The molecule has 0 radical (unpaired) electrons. The molecule has 0 aliphatic carbocycles. The summed E-state index contributed by atoms with van der Waals surface area (Å²) in [4.78, 5) is 8.63. The smallest absolute Gasteiger partial charge is 0.147 e. The molecule has 0 aliphatic rings. The highest BCUT2D eigenvalue weighted by atomic mass is 19.1. The van der Waals surface area contributed by atoms with Gasteiger partial charge in [0.15, 0.2) is 0 Å². The first kappa shape index (κ1) is 17.0. The molecule has 2 N–H and O–H groups in total. The molecule has 0 saturated heterocycles. The van der Waals surface area contributed by atoms with Crippen molar-refractivity contribution in [3.63, 3.8) is 0 Å². The Morgan fingerprint density at radius 3 is 2.67 bits per heavy atom. The van der Waals surface area contributed by atoms with Crippen LogP contribution in [-0.4, -0.2) is 15.1 Å². The van der Waals surface area contributed by atoms with Gasteiger partial charge in [0.25, 0.3) is 0 Å². The minimum absolute atomic E-state index is 0.0718. The SMILES string of the molecule is Cc1ccnc(N[C@H](c2cccc(F)c2)c2ccc3cccnc3c2O)c1. The Bertz CT molecular complexity index is 1110. The molecule has 1 atom stereocenters. The van der Waals surface area contributed by atoms with E-state index < -0.39 is 6.04 Å². The van der Waals surface area contributed by atoms with E-state index in [1.54, 1.807) is 18.5 Å². The van der Waals surface area contributed by atoms with Gasteiger partial charge in [-0.25, -0.2) is 9.37 Å². The van der Waals surface area contributed by atoms with Gasteiger partial charge in [0.1, 0.15) is 22.9 Å². The number of aromatic nitrogens is 2. The number of nitrogens with one attached hydrogen (secondary N) is 1. The van der Waals surface area contributed by atoms with E-state index >= 15 is 0 Å². The number of phenols is 1. The average molecular weight is 359 g/mol. The molecule has 4 nitrogen and oxygen atoms in total. The number of rotatable bonds is 4. The van der Waals surface area contributed by atoms with E-state index in [-0.39, 0.29) is 11.6 Å². The highest BCUT2D eigenvalue weighted by Crippen LogP contribution is 2.36. The Balaban J connectivity index is 1.86. The number of nitrogens with zero attached hydrogens (tertiary/aromatic N) is 2. The summed E-state index contributed by atoms with van der Waals surface area (Å²) < 4.78 is 13.9. The number of phenolic OH excluding ortho intramolecular Hbond substituents is 1. The fourth-order valence-electron chi connectivity index (χ4n) is 3.17. The quantitative estimate of drug-likeness (QED) is 0.539. The molecule has 2 heterocycles. The Morgan fingerprint density at radius 2 is 1.85 bits per heavy atom. The molecule has 0 bridgehead atoms. The van der Waals surface area contributed by atoms with Gasteiger partial charge in [-0.15, -0.1) is 0 Å². The van der Waals surface area contributed by atoms with Crippen LogP contribution in [0.1, 0.15) is 22.7 Å². The van der Waals surface area contributed by atoms with Crippen LogP contribution in [0.15, 0.2) is 73.1 Å².